The van der Waals surface area contributed by atoms with E-state index in [9.17, 15) is 4.79 Å². The molecule has 0 spiro atoms. The summed E-state index contributed by atoms with van der Waals surface area (Å²) < 4.78 is 9.84. The van der Waals surface area contributed by atoms with Crippen LogP contribution in [0.2, 0.25) is 0 Å². The number of esters is 1. The van der Waals surface area contributed by atoms with Crippen molar-refractivity contribution in [1.82, 2.24) is 15.1 Å². The number of aryl methyl sites for hydroxylation is 1. The van der Waals surface area contributed by atoms with Gasteiger partial charge in [0.05, 0.1) is 30.6 Å². The van der Waals surface area contributed by atoms with Crippen LogP contribution in [-0.4, -0.2) is 27.7 Å². The molecule has 0 aromatic carbocycles. The quantitative estimate of drug-likeness (QED) is 0.817. The molecule has 7 nitrogen and oxygen atoms in total. The second kappa shape index (κ2) is 5.94. The van der Waals surface area contributed by atoms with Crippen LogP contribution < -0.4 is 5.32 Å². The minimum atomic E-state index is -0.415. The number of hydrogen-bond acceptors (Lipinski definition) is 7. The first kappa shape index (κ1) is 13.0. The van der Waals surface area contributed by atoms with Crippen molar-refractivity contribution in [2.45, 2.75) is 20.4 Å². The maximum Gasteiger partial charge on any atom is 0.341 e. The molecule has 2 heterocycles. The van der Waals surface area contributed by atoms with Crippen LogP contribution in [0.25, 0.3) is 0 Å². The fourth-order valence-electron chi connectivity index (χ4n) is 1.46. The molecule has 0 bridgehead atoms. The van der Waals surface area contributed by atoms with Crippen molar-refractivity contribution >= 4 is 11.9 Å². The van der Waals surface area contributed by atoms with Crippen molar-refractivity contribution in [1.29, 1.82) is 0 Å². The van der Waals surface area contributed by atoms with Crippen molar-refractivity contribution in [2.75, 3.05) is 11.9 Å². The van der Waals surface area contributed by atoms with Crippen LogP contribution in [0.4, 0.5) is 5.95 Å². The molecule has 0 radical (unpaired) electrons. The standard InChI is InChI=1S/C12H14N4O3/c1-3-18-11(17)10-7-14-12(16-8(10)2)13-6-9-4-5-15-19-9/h4-5,7H,3,6H2,1-2H3,(H,13,14,16). The van der Waals surface area contributed by atoms with Crippen molar-refractivity contribution in [3.05, 3.63) is 35.5 Å². The first-order valence-corrected chi connectivity index (χ1v) is 5.85. The third-order valence-electron chi connectivity index (χ3n) is 2.39. The topological polar surface area (TPSA) is 90.1 Å². The Hall–Kier alpha value is -2.44. The lowest BCUT2D eigenvalue weighted by Crippen LogP contribution is -2.11. The number of anilines is 1. The minimum Gasteiger partial charge on any atom is -0.462 e. The van der Waals surface area contributed by atoms with Crippen LogP contribution in [0.1, 0.15) is 28.7 Å². The van der Waals surface area contributed by atoms with Crippen LogP contribution in [0, 0.1) is 6.92 Å². The molecular formula is C12H14N4O3. The van der Waals surface area contributed by atoms with Crippen LogP contribution >= 0.6 is 0 Å². The van der Waals surface area contributed by atoms with Crippen LogP contribution in [-0.2, 0) is 11.3 Å². The van der Waals surface area contributed by atoms with E-state index in [-0.39, 0.29) is 0 Å². The van der Waals surface area contributed by atoms with Gasteiger partial charge in [0.1, 0.15) is 0 Å². The zero-order chi connectivity index (χ0) is 13.7. The fraction of sp³-hybridized carbons (Fsp3) is 0.333. The Balaban J connectivity index is 2.04. The van der Waals surface area contributed by atoms with Gasteiger partial charge in [-0.2, -0.15) is 0 Å². The Morgan fingerprint density at radius 3 is 3.00 bits per heavy atom. The van der Waals surface area contributed by atoms with E-state index < -0.39 is 5.97 Å². The van der Waals surface area contributed by atoms with Gasteiger partial charge in [-0.15, -0.1) is 0 Å². The average Bonchev–Trinajstić information content (AvgIpc) is 2.89. The van der Waals surface area contributed by atoms with E-state index in [4.69, 9.17) is 9.26 Å². The molecule has 0 unspecified atom stereocenters. The van der Waals surface area contributed by atoms with Gasteiger partial charge in [0, 0.05) is 12.3 Å². The van der Waals surface area contributed by atoms with Gasteiger partial charge < -0.3 is 14.6 Å². The third kappa shape index (κ3) is 3.27. The van der Waals surface area contributed by atoms with Gasteiger partial charge in [-0.25, -0.2) is 14.8 Å². The van der Waals surface area contributed by atoms with Gasteiger partial charge in [0.15, 0.2) is 5.76 Å². The molecule has 2 aromatic heterocycles. The number of carbonyl (C=O) groups excluding carboxylic acids is 1. The molecule has 2 rings (SSSR count). The van der Waals surface area contributed by atoms with Crippen molar-refractivity contribution in [2.24, 2.45) is 0 Å². The molecule has 1 N–H and O–H groups in total. The largest absolute Gasteiger partial charge is 0.462 e. The molecule has 0 aliphatic rings. The number of hydrogen-bond donors (Lipinski definition) is 1. The average molecular weight is 262 g/mol. The fourth-order valence-corrected chi connectivity index (χ4v) is 1.46. The van der Waals surface area contributed by atoms with Crippen LogP contribution in [0.5, 0.6) is 0 Å². The normalized spacial score (nSPS) is 10.2. The Bertz CT molecular complexity index is 554. The van der Waals surface area contributed by atoms with Gasteiger partial charge in [-0.1, -0.05) is 5.16 Å². The monoisotopic (exact) mass is 262 g/mol. The van der Waals surface area contributed by atoms with Gasteiger partial charge >= 0.3 is 5.97 Å². The maximum absolute atomic E-state index is 11.6. The molecule has 0 saturated heterocycles. The summed E-state index contributed by atoms with van der Waals surface area (Å²) in [4.78, 5) is 19.8. The molecule has 19 heavy (non-hydrogen) atoms. The zero-order valence-corrected chi connectivity index (χ0v) is 10.7. The van der Waals surface area contributed by atoms with E-state index in [1.165, 1.54) is 6.20 Å². The number of rotatable bonds is 5. The molecule has 0 amide bonds. The minimum absolute atomic E-state index is 0.323. The first-order chi connectivity index (χ1) is 9.20. The van der Waals surface area contributed by atoms with Gasteiger partial charge in [-0.3, -0.25) is 0 Å². The Labute approximate surface area is 110 Å². The third-order valence-corrected chi connectivity index (χ3v) is 2.39. The summed E-state index contributed by atoms with van der Waals surface area (Å²) in [5.41, 5.74) is 0.931. The van der Waals surface area contributed by atoms with Crippen LogP contribution in [0.15, 0.2) is 23.0 Å². The Morgan fingerprint density at radius 2 is 2.37 bits per heavy atom. The number of nitrogens with zero attached hydrogens (tertiary/aromatic N) is 3. The molecule has 0 aliphatic heterocycles. The predicted octanol–water partition coefficient (Wildman–Crippen LogP) is 1.56. The smallest absolute Gasteiger partial charge is 0.341 e. The molecule has 100 valence electrons. The summed E-state index contributed by atoms with van der Waals surface area (Å²) in [6.07, 6.45) is 3.01. The van der Waals surface area contributed by atoms with E-state index in [0.717, 1.165) is 0 Å². The molecule has 2 aromatic rings. The zero-order valence-electron chi connectivity index (χ0n) is 10.7. The summed E-state index contributed by atoms with van der Waals surface area (Å²) in [6.45, 7) is 4.23. The lowest BCUT2D eigenvalue weighted by Gasteiger charge is -2.07. The van der Waals surface area contributed by atoms with Crippen LogP contribution in [0.3, 0.4) is 0 Å². The van der Waals surface area contributed by atoms with E-state index in [1.54, 1.807) is 26.1 Å². The second-order valence-corrected chi connectivity index (χ2v) is 3.75. The number of ether oxygens (including phenoxy) is 1. The molecule has 0 atom stereocenters. The molecular weight excluding hydrogens is 248 g/mol. The van der Waals surface area contributed by atoms with E-state index >= 15 is 0 Å². The second-order valence-electron chi connectivity index (χ2n) is 3.75. The van der Waals surface area contributed by atoms with E-state index in [0.29, 0.717) is 36.1 Å². The van der Waals surface area contributed by atoms with Crippen molar-refractivity contribution < 1.29 is 14.1 Å². The first-order valence-electron chi connectivity index (χ1n) is 5.85. The number of nitrogens with one attached hydrogen (secondary N) is 1. The van der Waals surface area contributed by atoms with Crippen molar-refractivity contribution in [3.8, 4) is 0 Å². The summed E-state index contributed by atoms with van der Waals surface area (Å²) in [5.74, 6) is 0.680. The Kier molecular flexibility index (Phi) is 4.07. The number of carbonyl (C=O) groups is 1. The summed E-state index contributed by atoms with van der Waals surface area (Å²) in [7, 11) is 0. The summed E-state index contributed by atoms with van der Waals surface area (Å²) in [6, 6.07) is 1.74. The summed E-state index contributed by atoms with van der Waals surface area (Å²) >= 11 is 0. The highest BCUT2D eigenvalue weighted by Crippen LogP contribution is 2.09. The highest BCUT2D eigenvalue weighted by Gasteiger charge is 2.12. The predicted molar refractivity (Wildman–Crippen MR) is 66.6 cm³/mol. The highest BCUT2D eigenvalue weighted by atomic mass is 16.5. The van der Waals surface area contributed by atoms with Gasteiger partial charge in [0.25, 0.3) is 0 Å². The molecule has 0 aliphatic carbocycles. The van der Waals surface area contributed by atoms with E-state index in [2.05, 4.69) is 20.4 Å². The molecule has 7 heteroatoms. The molecule has 0 fully saturated rings. The van der Waals surface area contributed by atoms with Crippen molar-refractivity contribution in [3.63, 3.8) is 0 Å². The van der Waals surface area contributed by atoms with Gasteiger partial charge in [0.2, 0.25) is 5.95 Å². The maximum atomic E-state index is 11.6. The number of aromatic nitrogens is 3. The summed E-state index contributed by atoms with van der Waals surface area (Å²) in [5, 5.41) is 6.57. The highest BCUT2D eigenvalue weighted by molar-refractivity contribution is 5.90. The van der Waals surface area contributed by atoms with Gasteiger partial charge in [-0.05, 0) is 13.8 Å². The Morgan fingerprint density at radius 1 is 1.53 bits per heavy atom. The van der Waals surface area contributed by atoms with E-state index in [1.807, 2.05) is 0 Å². The lowest BCUT2D eigenvalue weighted by molar-refractivity contribution is 0.0524. The SMILES string of the molecule is CCOC(=O)c1cnc(NCc2ccno2)nc1C. The molecule has 0 saturated carbocycles. The lowest BCUT2D eigenvalue weighted by atomic mass is 10.2.